The molecule has 1 fully saturated rings. The molecule has 2 rings (SSSR count). The lowest BCUT2D eigenvalue weighted by Gasteiger charge is -2.14. The molecule has 0 spiro atoms. The topological polar surface area (TPSA) is 77.2 Å². The average Bonchev–Trinajstić information content (AvgIpc) is 3.03. The molecule has 1 atom stereocenters. The number of carboxylic acid groups (broad SMARTS) is 1. The van der Waals surface area contributed by atoms with Gasteiger partial charge in [-0.3, -0.25) is 4.79 Å². The summed E-state index contributed by atoms with van der Waals surface area (Å²) in [6.07, 6.45) is 3.48. The molecule has 1 aliphatic heterocycles. The molecule has 1 aromatic rings. The van der Waals surface area contributed by atoms with Gasteiger partial charge in [0.15, 0.2) is 5.16 Å². The van der Waals surface area contributed by atoms with E-state index in [1.165, 1.54) is 11.8 Å². The Hall–Kier alpha value is -1.08. The highest BCUT2D eigenvalue weighted by molar-refractivity contribution is 7.99. The molecule has 112 valence electrons. The number of nitrogens with zero attached hydrogens (tertiary/aromatic N) is 3. The number of aliphatic carboxylic acids is 1. The van der Waals surface area contributed by atoms with Gasteiger partial charge in [0.25, 0.3) is 0 Å². The zero-order valence-corrected chi connectivity index (χ0v) is 12.7. The Bertz CT molecular complexity index is 456. The van der Waals surface area contributed by atoms with Crippen molar-refractivity contribution in [2.24, 2.45) is 0 Å². The van der Waals surface area contributed by atoms with Gasteiger partial charge in [-0.15, -0.1) is 10.2 Å². The molecular formula is C13H21N3O3S. The van der Waals surface area contributed by atoms with Crippen molar-refractivity contribution >= 4 is 17.7 Å². The van der Waals surface area contributed by atoms with Crippen LogP contribution in [-0.2, 0) is 16.1 Å². The number of hydrogen-bond donors (Lipinski definition) is 1. The standard InChI is InChI=1S/C13H21N3O3S/c1-9(2)12-14-15-13(20-8-11(17)18)16(12)6-5-10-4-3-7-19-10/h9-10H,3-8H2,1-2H3,(H,17,18). The summed E-state index contributed by atoms with van der Waals surface area (Å²) in [5, 5.41) is 17.8. The lowest BCUT2D eigenvalue weighted by Crippen LogP contribution is -2.14. The van der Waals surface area contributed by atoms with Crippen molar-refractivity contribution in [1.29, 1.82) is 0 Å². The molecule has 7 heteroatoms. The third-order valence-electron chi connectivity index (χ3n) is 3.29. The zero-order valence-electron chi connectivity index (χ0n) is 11.9. The predicted octanol–water partition coefficient (Wildman–Crippen LogP) is 2.15. The van der Waals surface area contributed by atoms with Gasteiger partial charge in [0.2, 0.25) is 0 Å². The van der Waals surface area contributed by atoms with E-state index in [1.807, 2.05) is 4.57 Å². The first kappa shape index (κ1) is 15.3. The first-order valence-corrected chi connectivity index (χ1v) is 7.95. The summed E-state index contributed by atoms with van der Waals surface area (Å²) >= 11 is 1.22. The van der Waals surface area contributed by atoms with Crippen LogP contribution in [0.3, 0.4) is 0 Å². The van der Waals surface area contributed by atoms with Gasteiger partial charge >= 0.3 is 5.97 Å². The van der Waals surface area contributed by atoms with Crippen molar-refractivity contribution < 1.29 is 14.6 Å². The molecule has 1 aromatic heterocycles. The van der Waals surface area contributed by atoms with Crippen molar-refractivity contribution in [2.75, 3.05) is 12.4 Å². The fourth-order valence-electron chi connectivity index (χ4n) is 2.32. The Morgan fingerprint density at radius 2 is 2.35 bits per heavy atom. The smallest absolute Gasteiger partial charge is 0.313 e. The number of aromatic nitrogens is 3. The summed E-state index contributed by atoms with van der Waals surface area (Å²) in [5.41, 5.74) is 0. The molecule has 0 aromatic carbocycles. The summed E-state index contributed by atoms with van der Waals surface area (Å²) in [6.45, 7) is 5.77. The minimum atomic E-state index is -0.838. The Labute approximate surface area is 122 Å². The summed E-state index contributed by atoms with van der Waals surface area (Å²) in [7, 11) is 0. The highest BCUT2D eigenvalue weighted by Gasteiger charge is 2.20. The maximum Gasteiger partial charge on any atom is 0.313 e. The van der Waals surface area contributed by atoms with Crippen LogP contribution in [-0.4, -0.2) is 44.3 Å². The summed E-state index contributed by atoms with van der Waals surface area (Å²) in [4.78, 5) is 10.7. The second kappa shape index (κ2) is 7.08. The molecule has 6 nitrogen and oxygen atoms in total. The molecule has 1 unspecified atom stereocenters. The van der Waals surface area contributed by atoms with Crippen LogP contribution in [0.25, 0.3) is 0 Å². The lowest BCUT2D eigenvalue weighted by atomic mass is 10.1. The van der Waals surface area contributed by atoms with Gasteiger partial charge < -0.3 is 14.4 Å². The van der Waals surface area contributed by atoms with E-state index in [9.17, 15) is 4.79 Å². The maximum atomic E-state index is 10.7. The monoisotopic (exact) mass is 299 g/mol. The minimum absolute atomic E-state index is 0.0101. The Morgan fingerprint density at radius 3 is 2.95 bits per heavy atom. The van der Waals surface area contributed by atoms with Gasteiger partial charge in [0.05, 0.1) is 11.9 Å². The maximum absolute atomic E-state index is 10.7. The van der Waals surface area contributed by atoms with Crippen LogP contribution in [0.4, 0.5) is 0 Å². The van der Waals surface area contributed by atoms with Crippen LogP contribution in [0.2, 0.25) is 0 Å². The zero-order chi connectivity index (χ0) is 14.5. The van der Waals surface area contributed by atoms with Crippen LogP contribution in [0.15, 0.2) is 5.16 Å². The lowest BCUT2D eigenvalue weighted by molar-refractivity contribution is -0.133. The number of thioether (sulfide) groups is 1. The Balaban J connectivity index is 2.04. The average molecular weight is 299 g/mol. The van der Waals surface area contributed by atoms with E-state index >= 15 is 0 Å². The van der Waals surface area contributed by atoms with Crippen LogP contribution in [0.1, 0.15) is 44.9 Å². The third-order valence-corrected chi connectivity index (χ3v) is 4.24. The summed E-state index contributed by atoms with van der Waals surface area (Å²) in [6, 6.07) is 0. The van der Waals surface area contributed by atoms with Crippen molar-refractivity contribution in [1.82, 2.24) is 14.8 Å². The molecule has 2 heterocycles. The van der Waals surface area contributed by atoms with Gasteiger partial charge in [-0.2, -0.15) is 0 Å². The normalized spacial score (nSPS) is 18.9. The highest BCUT2D eigenvalue weighted by Crippen LogP contribution is 2.23. The summed E-state index contributed by atoms with van der Waals surface area (Å²) in [5.74, 6) is 0.354. The van der Waals surface area contributed by atoms with E-state index in [4.69, 9.17) is 9.84 Å². The van der Waals surface area contributed by atoms with Gasteiger partial charge in [-0.1, -0.05) is 25.6 Å². The first-order chi connectivity index (χ1) is 9.58. The first-order valence-electron chi connectivity index (χ1n) is 6.97. The van der Waals surface area contributed by atoms with Gasteiger partial charge in [0.1, 0.15) is 5.82 Å². The second-order valence-corrected chi connectivity index (χ2v) is 6.20. The molecule has 0 bridgehead atoms. The molecule has 20 heavy (non-hydrogen) atoms. The molecule has 0 amide bonds. The van der Waals surface area contributed by atoms with Crippen LogP contribution >= 0.6 is 11.8 Å². The number of ether oxygens (including phenoxy) is 1. The van der Waals surface area contributed by atoms with E-state index < -0.39 is 5.97 Å². The van der Waals surface area contributed by atoms with Crippen molar-refractivity contribution in [3.63, 3.8) is 0 Å². The second-order valence-electron chi connectivity index (χ2n) is 5.25. The third kappa shape index (κ3) is 3.96. The van der Waals surface area contributed by atoms with Gasteiger partial charge in [0, 0.05) is 19.1 Å². The van der Waals surface area contributed by atoms with Crippen LogP contribution in [0.5, 0.6) is 0 Å². The molecule has 1 aliphatic rings. The largest absolute Gasteiger partial charge is 0.481 e. The number of carboxylic acids is 1. The minimum Gasteiger partial charge on any atom is -0.481 e. The predicted molar refractivity (Wildman–Crippen MR) is 76.1 cm³/mol. The number of carbonyl (C=O) groups is 1. The molecule has 0 radical (unpaired) electrons. The molecular weight excluding hydrogens is 278 g/mol. The van der Waals surface area contributed by atoms with Crippen molar-refractivity contribution in [2.45, 2.75) is 56.8 Å². The number of rotatable bonds is 7. The fraction of sp³-hybridized carbons (Fsp3) is 0.769. The Morgan fingerprint density at radius 1 is 1.55 bits per heavy atom. The van der Waals surface area contributed by atoms with Gasteiger partial charge in [-0.05, 0) is 19.3 Å². The van der Waals surface area contributed by atoms with E-state index in [1.54, 1.807) is 0 Å². The fourth-order valence-corrected chi connectivity index (χ4v) is 3.01. The van der Waals surface area contributed by atoms with Gasteiger partial charge in [-0.25, -0.2) is 0 Å². The SMILES string of the molecule is CC(C)c1nnc(SCC(=O)O)n1CCC1CCCO1. The number of hydrogen-bond acceptors (Lipinski definition) is 5. The van der Waals surface area contributed by atoms with Crippen LogP contribution in [0, 0.1) is 0 Å². The molecule has 0 saturated carbocycles. The van der Waals surface area contributed by atoms with E-state index in [0.717, 1.165) is 38.2 Å². The molecule has 1 saturated heterocycles. The van der Waals surface area contributed by atoms with E-state index in [-0.39, 0.29) is 11.7 Å². The van der Waals surface area contributed by atoms with Crippen molar-refractivity contribution in [3.8, 4) is 0 Å². The Kier molecular flexibility index (Phi) is 5.42. The molecule has 0 aliphatic carbocycles. The quantitative estimate of drug-likeness (QED) is 0.777. The van der Waals surface area contributed by atoms with E-state index in [0.29, 0.717) is 11.3 Å². The van der Waals surface area contributed by atoms with E-state index in [2.05, 4.69) is 24.0 Å². The van der Waals surface area contributed by atoms with Crippen molar-refractivity contribution in [3.05, 3.63) is 5.82 Å². The van der Waals surface area contributed by atoms with Crippen LogP contribution < -0.4 is 0 Å². The molecule has 1 N–H and O–H groups in total. The summed E-state index contributed by atoms with van der Waals surface area (Å²) < 4.78 is 7.68. The highest BCUT2D eigenvalue weighted by atomic mass is 32.2.